The van der Waals surface area contributed by atoms with Gasteiger partial charge in [-0.1, -0.05) is 27.2 Å². The van der Waals surface area contributed by atoms with E-state index in [1.165, 1.54) is 6.42 Å². The third kappa shape index (κ3) is 5.57. The number of ether oxygens (including phenoxy) is 1. The van der Waals surface area contributed by atoms with Gasteiger partial charge in [0.2, 0.25) is 6.54 Å². The minimum atomic E-state index is -0.396. The van der Waals surface area contributed by atoms with Crippen LogP contribution in [0.1, 0.15) is 52.9 Å². The lowest BCUT2D eigenvalue weighted by Gasteiger charge is -2.36. The summed E-state index contributed by atoms with van der Waals surface area (Å²) in [6.45, 7) is 6.34. The molecule has 1 aliphatic rings. The van der Waals surface area contributed by atoms with Gasteiger partial charge in [-0.15, -0.1) is 0 Å². The smallest absolute Gasteiger partial charge is 0.306 e. The van der Waals surface area contributed by atoms with E-state index in [1.54, 1.807) is 0 Å². The Hall–Kier alpha value is -1.13. The number of rotatable bonds is 6. The van der Waals surface area contributed by atoms with Gasteiger partial charge in [0.25, 0.3) is 0 Å². The summed E-state index contributed by atoms with van der Waals surface area (Å²) in [4.78, 5) is 21.5. The topological polar surface area (TPSA) is 69.4 Å². The Morgan fingerprint density at radius 1 is 1.42 bits per heavy atom. The van der Waals surface area contributed by atoms with E-state index in [4.69, 9.17) is 4.74 Å². The highest BCUT2D eigenvalue weighted by molar-refractivity contribution is 5.69. The van der Waals surface area contributed by atoms with Gasteiger partial charge in [-0.05, 0) is 30.6 Å². The molecule has 0 saturated heterocycles. The Labute approximate surface area is 114 Å². The quantitative estimate of drug-likeness (QED) is 0.423. The molecule has 0 radical (unpaired) electrons. The Bertz CT molecular complexity index is 317. The van der Waals surface area contributed by atoms with Gasteiger partial charge >= 0.3 is 5.97 Å². The predicted molar refractivity (Wildman–Crippen MR) is 72.3 cm³/mol. The molecule has 0 amide bonds. The first kappa shape index (κ1) is 15.9. The van der Waals surface area contributed by atoms with Gasteiger partial charge in [-0.3, -0.25) is 14.9 Å². The second kappa shape index (κ2) is 7.46. The second-order valence-corrected chi connectivity index (χ2v) is 6.01. The van der Waals surface area contributed by atoms with E-state index in [2.05, 4.69) is 20.8 Å². The summed E-state index contributed by atoms with van der Waals surface area (Å²) in [6.07, 6.45) is 3.62. The molecule has 0 aromatic carbocycles. The van der Waals surface area contributed by atoms with Crippen LogP contribution in [0.15, 0.2) is 0 Å². The molecule has 0 bridgehead atoms. The maximum atomic E-state index is 11.7. The first-order valence-corrected chi connectivity index (χ1v) is 7.21. The van der Waals surface area contributed by atoms with Crippen LogP contribution < -0.4 is 0 Å². The Morgan fingerprint density at radius 2 is 2.11 bits per heavy atom. The maximum absolute atomic E-state index is 11.7. The second-order valence-electron chi connectivity index (χ2n) is 6.01. The van der Waals surface area contributed by atoms with Gasteiger partial charge in [0, 0.05) is 11.3 Å². The average molecular weight is 271 g/mol. The summed E-state index contributed by atoms with van der Waals surface area (Å²) >= 11 is 0. The van der Waals surface area contributed by atoms with Gasteiger partial charge in [-0.2, -0.15) is 0 Å². The minimum Gasteiger partial charge on any atom is -0.462 e. The van der Waals surface area contributed by atoms with Crippen molar-refractivity contribution in [3.05, 3.63) is 10.1 Å². The van der Waals surface area contributed by atoms with Gasteiger partial charge < -0.3 is 4.74 Å². The highest BCUT2D eigenvalue weighted by atomic mass is 16.6. The van der Waals surface area contributed by atoms with Gasteiger partial charge in [0.1, 0.15) is 6.10 Å². The Morgan fingerprint density at radius 3 is 2.68 bits per heavy atom. The lowest BCUT2D eigenvalue weighted by atomic mass is 9.75. The van der Waals surface area contributed by atoms with Crippen molar-refractivity contribution < 1.29 is 14.5 Å². The fourth-order valence-electron chi connectivity index (χ4n) is 2.83. The molecular formula is C14H25NO4. The van der Waals surface area contributed by atoms with Crippen LogP contribution in [-0.4, -0.2) is 23.5 Å². The first-order chi connectivity index (χ1) is 8.90. The number of hydrogen-bond acceptors (Lipinski definition) is 4. The van der Waals surface area contributed by atoms with Crippen molar-refractivity contribution in [1.82, 2.24) is 0 Å². The van der Waals surface area contributed by atoms with E-state index in [0.29, 0.717) is 17.8 Å². The third-order valence-electron chi connectivity index (χ3n) is 3.97. The summed E-state index contributed by atoms with van der Waals surface area (Å²) in [5.74, 6) is 1.23. The highest BCUT2D eigenvalue weighted by Crippen LogP contribution is 2.35. The molecule has 0 N–H and O–H groups in total. The molecule has 0 spiro atoms. The molecule has 5 nitrogen and oxygen atoms in total. The third-order valence-corrected chi connectivity index (χ3v) is 3.97. The van der Waals surface area contributed by atoms with Crippen molar-refractivity contribution in [2.75, 3.05) is 6.54 Å². The first-order valence-electron chi connectivity index (χ1n) is 7.21. The van der Waals surface area contributed by atoms with Crippen molar-refractivity contribution in [2.24, 2.45) is 17.8 Å². The van der Waals surface area contributed by atoms with E-state index < -0.39 is 4.92 Å². The Kier molecular flexibility index (Phi) is 6.25. The molecule has 1 rings (SSSR count). The molecule has 0 aromatic rings. The molecule has 110 valence electrons. The van der Waals surface area contributed by atoms with E-state index in [0.717, 1.165) is 12.8 Å². The van der Waals surface area contributed by atoms with E-state index in [1.807, 2.05) is 0 Å². The van der Waals surface area contributed by atoms with Crippen LogP contribution in [0, 0.1) is 27.9 Å². The molecule has 0 heterocycles. The zero-order chi connectivity index (χ0) is 14.4. The van der Waals surface area contributed by atoms with Crippen molar-refractivity contribution in [2.45, 2.75) is 59.0 Å². The fourth-order valence-corrected chi connectivity index (χ4v) is 2.83. The largest absolute Gasteiger partial charge is 0.462 e. The summed E-state index contributed by atoms with van der Waals surface area (Å²) in [6, 6.07) is 0. The summed E-state index contributed by atoms with van der Waals surface area (Å²) in [5, 5.41) is 10.2. The van der Waals surface area contributed by atoms with Crippen LogP contribution in [0.4, 0.5) is 0 Å². The van der Waals surface area contributed by atoms with Crippen molar-refractivity contribution in [3.8, 4) is 0 Å². The van der Waals surface area contributed by atoms with Gasteiger partial charge in [-0.25, -0.2) is 0 Å². The average Bonchev–Trinajstić information content (AvgIpc) is 2.27. The van der Waals surface area contributed by atoms with Crippen molar-refractivity contribution >= 4 is 5.97 Å². The normalized spacial score (nSPS) is 27.3. The standard InChI is InChI=1S/C14H25NO4/c1-10(2)12-7-6-11(3)9-13(12)19-14(16)5-4-8-15(17)18/h10-13H,4-9H2,1-3H3. The molecule has 1 aliphatic carbocycles. The summed E-state index contributed by atoms with van der Waals surface area (Å²) < 4.78 is 5.56. The van der Waals surface area contributed by atoms with E-state index in [9.17, 15) is 14.9 Å². The van der Waals surface area contributed by atoms with Crippen LogP contribution in [0.5, 0.6) is 0 Å². The van der Waals surface area contributed by atoms with E-state index in [-0.39, 0.29) is 31.5 Å². The van der Waals surface area contributed by atoms with Crippen LogP contribution in [0.3, 0.4) is 0 Å². The zero-order valence-electron chi connectivity index (χ0n) is 12.1. The number of esters is 1. The highest BCUT2D eigenvalue weighted by Gasteiger charge is 2.33. The van der Waals surface area contributed by atoms with Crippen LogP contribution >= 0.6 is 0 Å². The van der Waals surface area contributed by atoms with Crippen molar-refractivity contribution in [1.29, 1.82) is 0 Å². The SMILES string of the molecule is CC1CCC(C(C)C)C(OC(=O)CCC[N+](=O)[O-])C1. The number of carbonyl (C=O) groups is 1. The number of nitro groups is 1. The monoisotopic (exact) mass is 271 g/mol. The minimum absolute atomic E-state index is 0.00754. The summed E-state index contributed by atoms with van der Waals surface area (Å²) in [7, 11) is 0. The van der Waals surface area contributed by atoms with Crippen LogP contribution in [0.25, 0.3) is 0 Å². The zero-order valence-corrected chi connectivity index (χ0v) is 12.1. The molecule has 3 atom stereocenters. The predicted octanol–water partition coefficient (Wildman–Crippen LogP) is 3.05. The maximum Gasteiger partial charge on any atom is 0.306 e. The molecule has 1 saturated carbocycles. The lowest BCUT2D eigenvalue weighted by Crippen LogP contribution is -2.35. The van der Waals surface area contributed by atoms with Gasteiger partial charge in [0.05, 0.1) is 6.42 Å². The summed E-state index contributed by atoms with van der Waals surface area (Å²) in [5.41, 5.74) is 0. The van der Waals surface area contributed by atoms with Gasteiger partial charge in [0.15, 0.2) is 0 Å². The van der Waals surface area contributed by atoms with Crippen molar-refractivity contribution in [3.63, 3.8) is 0 Å². The number of nitrogens with zero attached hydrogens (tertiary/aromatic N) is 1. The molecule has 19 heavy (non-hydrogen) atoms. The fraction of sp³-hybridized carbons (Fsp3) is 0.929. The number of carbonyl (C=O) groups excluding carboxylic acids is 1. The Balaban J connectivity index is 2.42. The lowest BCUT2D eigenvalue weighted by molar-refractivity contribution is -0.480. The molecule has 0 aliphatic heterocycles. The van der Waals surface area contributed by atoms with E-state index >= 15 is 0 Å². The van der Waals surface area contributed by atoms with Crippen LogP contribution in [0.2, 0.25) is 0 Å². The number of hydrogen-bond donors (Lipinski definition) is 0. The van der Waals surface area contributed by atoms with Crippen LogP contribution in [-0.2, 0) is 9.53 Å². The molecule has 0 aromatic heterocycles. The molecule has 5 heteroatoms. The molecule has 1 fully saturated rings. The molecule has 3 unspecified atom stereocenters. The molecular weight excluding hydrogens is 246 g/mol.